The third-order valence-electron chi connectivity index (χ3n) is 5.53. The van der Waals surface area contributed by atoms with E-state index in [9.17, 15) is 14.7 Å². The molecule has 0 bridgehead atoms. The minimum Gasteiger partial charge on any atom is -0.508 e. The number of rotatable bonds is 6. The van der Waals surface area contributed by atoms with Gasteiger partial charge < -0.3 is 15.3 Å². The lowest BCUT2D eigenvalue weighted by Gasteiger charge is -2.33. The van der Waals surface area contributed by atoms with Gasteiger partial charge in [-0.25, -0.2) is 0 Å². The van der Waals surface area contributed by atoms with Gasteiger partial charge in [0.05, 0.1) is 0 Å². The molecule has 6 heteroatoms. The van der Waals surface area contributed by atoms with Crippen LogP contribution in [0, 0.1) is 5.92 Å². The first kappa shape index (κ1) is 21.2. The number of hydrogen-bond acceptors (Lipinski definition) is 3. The van der Waals surface area contributed by atoms with Crippen LogP contribution >= 0.6 is 11.6 Å². The third-order valence-corrected chi connectivity index (χ3v) is 5.78. The largest absolute Gasteiger partial charge is 0.508 e. The van der Waals surface area contributed by atoms with Gasteiger partial charge in [0.1, 0.15) is 11.8 Å². The van der Waals surface area contributed by atoms with E-state index in [1.807, 2.05) is 17.0 Å². The van der Waals surface area contributed by atoms with Gasteiger partial charge in [0, 0.05) is 23.7 Å². The van der Waals surface area contributed by atoms with Gasteiger partial charge in [-0.05, 0) is 80.5 Å². The lowest BCUT2D eigenvalue weighted by Crippen LogP contribution is -2.49. The molecule has 29 heavy (non-hydrogen) atoms. The van der Waals surface area contributed by atoms with E-state index in [0.717, 1.165) is 38.8 Å². The maximum absolute atomic E-state index is 12.7. The van der Waals surface area contributed by atoms with Gasteiger partial charge >= 0.3 is 0 Å². The highest BCUT2D eigenvalue weighted by molar-refractivity contribution is 6.30. The van der Waals surface area contributed by atoms with Gasteiger partial charge in [-0.1, -0.05) is 23.7 Å². The van der Waals surface area contributed by atoms with Crippen LogP contribution in [0.1, 0.15) is 42.1 Å². The summed E-state index contributed by atoms with van der Waals surface area (Å²) in [5.74, 6) is 0.570. The average Bonchev–Trinajstić information content (AvgIpc) is 2.73. The Morgan fingerprint density at radius 1 is 1.10 bits per heavy atom. The SMILES string of the molecule is C[C@H](NC(=O)c1ccc(Cl)cc1)C(=O)N1CCC(CCc2ccc(O)cc2)CC1. The van der Waals surface area contributed by atoms with Gasteiger partial charge in [0.2, 0.25) is 5.91 Å². The number of likely N-dealkylation sites (tertiary alicyclic amines) is 1. The van der Waals surface area contributed by atoms with Crippen molar-refractivity contribution in [2.45, 2.75) is 38.6 Å². The van der Waals surface area contributed by atoms with E-state index in [0.29, 0.717) is 16.5 Å². The van der Waals surface area contributed by atoms with Crippen molar-refractivity contribution in [1.29, 1.82) is 0 Å². The molecule has 2 aromatic carbocycles. The summed E-state index contributed by atoms with van der Waals surface area (Å²) in [6.07, 6.45) is 4.01. The quantitative estimate of drug-likeness (QED) is 0.749. The van der Waals surface area contributed by atoms with E-state index in [2.05, 4.69) is 5.32 Å². The minimum atomic E-state index is -0.563. The number of carbonyl (C=O) groups excluding carboxylic acids is 2. The van der Waals surface area contributed by atoms with E-state index in [1.54, 1.807) is 43.3 Å². The lowest BCUT2D eigenvalue weighted by atomic mass is 9.90. The van der Waals surface area contributed by atoms with Crippen LogP contribution in [-0.4, -0.2) is 41.0 Å². The molecule has 1 saturated heterocycles. The van der Waals surface area contributed by atoms with Gasteiger partial charge in [-0.2, -0.15) is 0 Å². The zero-order valence-corrected chi connectivity index (χ0v) is 17.4. The number of aryl methyl sites for hydroxylation is 1. The Kier molecular flexibility index (Phi) is 7.15. The molecule has 1 aliphatic heterocycles. The Labute approximate surface area is 176 Å². The molecule has 0 unspecified atom stereocenters. The molecule has 154 valence electrons. The fraction of sp³-hybridized carbons (Fsp3) is 0.391. The van der Waals surface area contributed by atoms with Crippen LogP contribution in [-0.2, 0) is 11.2 Å². The van der Waals surface area contributed by atoms with E-state index >= 15 is 0 Å². The number of carbonyl (C=O) groups is 2. The number of hydrogen-bond donors (Lipinski definition) is 2. The summed E-state index contributed by atoms with van der Waals surface area (Å²) < 4.78 is 0. The number of phenols is 1. The predicted molar refractivity (Wildman–Crippen MR) is 114 cm³/mol. The van der Waals surface area contributed by atoms with Crippen LogP contribution in [0.4, 0.5) is 0 Å². The first-order valence-corrected chi connectivity index (χ1v) is 10.4. The van der Waals surface area contributed by atoms with Crippen molar-refractivity contribution in [1.82, 2.24) is 10.2 Å². The molecule has 0 aromatic heterocycles. The van der Waals surface area contributed by atoms with Gasteiger partial charge in [0.25, 0.3) is 5.91 Å². The predicted octanol–water partition coefficient (Wildman–Crippen LogP) is 4.04. The Hall–Kier alpha value is -2.53. The number of nitrogens with zero attached hydrogens (tertiary/aromatic N) is 1. The number of piperidine rings is 1. The number of benzene rings is 2. The van der Waals surface area contributed by atoms with E-state index in [-0.39, 0.29) is 17.6 Å². The second-order valence-electron chi connectivity index (χ2n) is 7.68. The minimum absolute atomic E-state index is 0.0377. The average molecular weight is 415 g/mol. The monoisotopic (exact) mass is 414 g/mol. The molecule has 1 heterocycles. The summed E-state index contributed by atoms with van der Waals surface area (Å²) in [5, 5.41) is 12.7. The Bertz CT molecular complexity index is 828. The third kappa shape index (κ3) is 5.97. The van der Waals surface area contributed by atoms with Crippen LogP contribution < -0.4 is 5.32 Å². The fourth-order valence-corrected chi connectivity index (χ4v) is 3.82. The van der Waals surface area contributed by atoms with Crippen molar-refractivity contribution < 1.29 is 14.7 Å². The molecule has 0 spiro atoms. The maximum Gasteiger partial charge on any atom is 0.251 e. The molecular weight excluding hydrogens is 388 g/mol. The molecule has 0 aliphatic carbocycles. The van der Waals surface area contributed by atoms with Crippen LogP contribution in [0.2, 0.25) is 5.02 Å². The summed E-state index contributed by atoms with van der Waals surface area (Å²) in [5.41, 5.74) is 1.71. The lowest BCUT2D eigenvalue weighted by molar-refractivity contribution is -0.134. The van der Waals surface area contributed by atoms with Crippen molar-refractivity contribution in [3.63, 3.8) is 0 Å². The van der Waals surface area contributed by atoms with Crippen LogP contribution in [0.5, 0.6) is 5.75 Å². The molecule has 2 aromatic rings. The Morgan fingerprint density at radius 2 is 1.72 bits per heavy atom. The fourth-order valence-electron chi connectivity index (χ4n) is 3.69. The molecule has 1 aliphatic rings. The molecule has 2 N–H and O–H groups in total. The number of amides is 2. The van der Waals surface area contributed by atoms with E-state index < -0.39 is 6.04 Å². The van der Waals surface area contributed by atoms with Crippen LogP contribution in [0.3, 0.4) is 0 Å². The Morgan fingerprint density at radius 3 is 2.34 bits per heavy atom. The van der Waals surface area contributed by atoms with Crippen molar-refractivity contribution >= 4 is 23.4 Å². The number of aromatic hydroxyl groups is 1. The van der Waals surface area contributed by atoms with Gasteiger partial charge in [-0.15, -0.1) is 0 Å². The summed E-state index contributed by atoms with van der Waals surface area (Å²) in [7, 11) is 0. The van der Waals surface area contributed by atoms with E-state index in [4.69, 9.17) is 11.6 Å². The van der Waals surface area contributed by atoms with Crippen LogP contribution in [0.25, 0.3) is 0 Å². The van der Waals surface area contributed by atoms with Crippen molar-refractivity contribution in [3.05, 3.63) is 64.7 Å². The van der Waals surface area contributed by atoms with Crippen molar-refractivity contribution in [2.24, 2.45) is 5.92 Å². The zero-order valence-electron chi connectivity index (χ0n) is 16.6. The topological polar surface area (TPSA) is 69.6 Å². The summed E-state index contributed by atoms with van der Waals surface area (Å²) in [6, 6.07) is 13.4. The molecule has 5 nitrogen and oxygen atoms in total. The summed E-state index contributed by atoms with van der Waals surface area (Å²) in [6.45, 7) is 3.17. The highest BCUT2D eigenvalue weighted by Crippen LogP contribution is 2.23. The van der Waals surface area contributed by atoms with Crippen LogP contribution in [0.15, 0.2) is 48.5 Å². The van der Waals surface area contributed by atoms with Crippen molar-refractivity contribution in [2.75, 3.05) is 13.1 Å². The normalized spacial score (nSPS) is 15.7. The highest BCUT2D eigenvalue weighted by Gasteiger charge is 2.27. The first-order valence-electron chi connectivity index (χ1n) is 10.1. The summed E-state index contributed by atoms with van der Waals surface area (Å²) >= 11 is 5.85. The standard InChI is InChI=1S/C23H27ClN2O3/c1-16(25-22(28)19-6-8-20(24)9-7-19)23(29)26-14-12-18(13-15-26)3-2-17-4-10-21(27)11-5-17/h4-11,16,18,27H,2-3,12-15H2,1H3,(H,25,28)/t16-/m0/s1. The molecule has 1 fully saturated rings. The number of nitrogens with one attached hydrogen (secondary N) is 1. The maximum atomic E-state index is 12.7. The first-order chi connectivity index (χ1) is 13.9. The molecule has 0 saturated carbocycles. The number of phenolic OH excluding ortho intramolecular Hbond substituents is 1. The van der Waals surface area contributed by atoms with E-state index in [1.165, 1.54) is 5.56 Å². The molecule has 3 rings (SSSR count). The molecule has 2 amide bonds. The zero-order chi connectivity index (χ0) is 20.8. The molecule has 0 radical (unpaired) electrons. The second-order valence-corrected chi connectivity index (χ2v) is 8.11. The number of halogens is 1. The van der Waals surface area contributed by atoms with Gasteiger partial charge in [-0.3, -0.25) is 9.59 Å². The smallest absolute Gasteiger partial charge is 0.251 e. The highest BCUT2D eigenvalue weighted by atomic mass is 35.5. The second kappa shape index (κ2) is 9.79. The summed E-state index contributed by atoms with van der Waals surface area (Å²) in [4.78, 5) is 26.9. The Balaban J connectivity index is 1.43. The molecular formula is C23H27ClN2O3. The molecule has 1 atom stereocenters. The van der Waals surface area contributed by atoms with Crippen molar-refractivity contribution in [3.8, 4) is 5.75 Å². The van der Waals surface area contributed by atoms with Gasteiger partial charge in [0.15, 0.2) is 0 Å².